The number of nitrogens with zero attached hydrogens (tertiary/aromatic N) is 2. The number of hydrogen-bond acceptors (Lipinski definition) is 4. The molecule has 0 bridgehead atoms. The summed E-state index contributed by atoms with van der Waals surface area (Å²) in [6.07, 6.45) is 6.90. The molecular weight excluding hydrogens is 228 g/mol. The molecule has 1 heterocycles. The van der Waals surface area contributed by atoms with E-state index in [1.807, 2.05) is 12.2 Å². The largest absolute Gasteiger partial charge is 0.369 e. The molecule has 1 aromatic rings. The Kier molecular flexibility index (Phi) is 3.58. The first-order chi connectivity index (χ1) is 8.72. The van der Waals surface area contributed by atoms with Crippen LogP contribution in [0.3, 0.4) is 0 Å². The van der Waals surface area contributed by atoms with Gasteiger partial charge in [0.25, 0.3) is 0 Å². The van der Waals surface area contributed by atoms with Gasteiger partial charge in [0.05, 0.1) is 11.5 Å². The quantitative estimate of drug-likeness (QED) is 0.778. The number of nitrogens with one attached hydrogen (secondary N) is 1. The Bertz CT molecular complexity index is 518. The number of amides is 1. The summed E-state index contributed by atoms with van der Waals surface area (Å²) in [6.45, 7) is 0. The number of allylic oxidation sites excluding steroid dienone is 1. The van der Waals surface area contributed by atoms with Crippen molar-refractivity contribution in [3.05, 3.63) is 36.0 Å². The van der Waals surface area contributed by atoms with Crippen LogP contribution in [0.5, 0.6) is 0 Å². The van der Waals surface area contributed by atoms with Gasteiger partial charge in [0.1, 0.15) is 11.9 Å². The van der Waals surface area contributed by atoms with Gasteiger partial charge in [-0.05, 0) is 25.0 Å². The zero-order chi connectivity index (χ0) is 13.0. The molecule has 0 aromatic carbocycles. The maximum absolute atomic E-state index is 11.4. The molecular formula is C13H14N4O. The lowest BCUT2D eigenvalue weighted by atomic mass is 9.88. The lowest BCUT2D eigenvalue weighted by Crippen LogP contribution is -2.39. The van der Waals surface area contributed by atoms with Crippen LogP contribution in [0.1, 0.15) is 18.4 Å². The minimum Gasteiger partial charge on any atom is -0.369 e. The van der Waals surface area contributed by atoms with Gasteiger partial charge >= 0.3 is 0 Å². The zero-order valence-electron chi connectivity index (χ0n) is 9.84. The van der Waals surface area contributed by atoms with Gasteiger partial charge in [-0.3, -0.25) is 4.79 Å². The van der Waals surface area contributed by atoms with Gasteiger partial charge in [-0.15, -0.1) is 0 Å². The Labute approximate surface area is 105 Å². The summed E-state index contributed by atoms with van der Waals surface area (Å²) in [6, 6.07) is 5.36. The second-order valence-electron chi connectivity index (χ2n) is 4.21. The molecule has 3 N–H and O–H groups in total. The van der Waals surface area contributed by atoms with Gasteiger partial charge in [0, 0.05) is 12.2 Å². The molecule has 1 aromatic heterocycles. The van der Waals surface area contributed by atoms with E-state index >= 15 is 0 Å². The van der Waals surface area contributed by atoms with Gasteiger partial charge in [0.2, 0.25) is 5.91 Å². The number of hydrogen-bond donors (Lipinski definition) is 2. The van der Waals surface area contributed by atoms with Crippen LogP contribution in [0, 0.1) is 17.2 Å². The van der Waals surface area contributed by atoms with Crippen LogP contribution >= 0.6 is 0 Å². The van der Waals surface area contributed by atoms with Crippen molar-refractivity contribution in [1.29, 1.82) is 5.26 Å². The minimum absolute atomic E-state index is 0.102. The molecule has 1 aliphatic carbocycles. The van der Waals surface area contributed by atoms with Crippen molar-refractivity contribution in [3.8, 4) is 6.07 Å². The van der Waals surface area contributed by atoms with E-state index < -0.39 is 0 Å². The van der Waals surface area contributed by atoms with Crippen molar-refractivity contribution in [2.24, 2.45) is 11.7 Å². The van der Waals surface area contributed by atoms with Gasteiger partial charge in [-0.2, -0.15) is 5.26 Å². The summed E-state index contributed by atoms with van der Waals surface area (Å²) in [7, 11) is 0. The highest BCUT2D eigenvalue weighted by Crippen LogP contribution is 2.23. The highest BCUT2D eigenvalue weighted by molar-refractivity contribution is 5.78. The van der Waals surface area contributed by atoms with Crippen molar-refractivity contribution < 1.29 is 4.79 Å². The SMILES string of the molecule is N#Cc1cccnc1N[C@@H]1CC=CC[C@H]1C(N)=O. The van der Waals surface area contributed by atoms with Crippen LogP contribution < -0.4 is 11.1 Å². The van der Waals surface area contributed by atoms with Crippen molar-refractivity contribution in [3.63, 3.8) is 0 Å². The first kappa shape index (κ1) is 12.1. The Hall–Kier alpha value is -2.35. The molecule has 5 nitrogen and oxygen atoms in total. The molecule has 0 unspecified atom stereocenters. The topological polar surface area (TPSA) is 91.8 Å². The van der Waals surface area contributed by atoms with Crippen molar-refractivity contribution in [2.45, 2.75) is 18.9 Å². The number of pyridine rings is 1. The van der Waals surface area contributed by atoms with Crippen LogP contribution in [-0.4, -0.2) is 16.9 Å². The molecule has 2 atom stereocenters. The maximum atomic E-state index is 11.4. The van der Waals surface area contributed by atoms with Crippen LogP contribution in [0.2, 0.25) is 0 Å². The van der Waals surface area contributed by atoms with Crippen LogP contribution in [-0.2, 0) is 4.79 Å². The molecule has 0 radical (unpaired) electrons. The summed E-state index contributed by atoms with van der Waals surface area (Å²) in [5.41, 5.74) is 5.85. The molecule has 1 aliphatic rings. The van der Waals surface area contributed by atoms with Gasteiger partial charge in [-0.25, -0.2) is 4.98 Å². The van der Waals surface area contributed by atoms with E-state index in [1.54, 1.807) is 18.3 Å². The predicted octanol–water partition coefficient (Wildman–Crippen LogP) is 1.19. The Balaban J connectivity index is 2.20. The molecule has 0 aliphatic heterocycles. The number of nitrogens with two attached hydrogens (primary N) is 1. The number of carbonyl (C=O) groups is 1. The summed E-state index contributed by atoms with van der Waals surface area (Å²) < 4.78 is 0. The predicted molar refractivity (Wildman–Crippen MR) is 67.4 cm³/mol. The summed E-state index contributed by atoms with van der Waals surface area (Å²) >= 11 is 0. The third-order valence-corrected chi connectivity index (χ3v) is 3.05. The number of nitriles is 1. The Morgan fingerprint density at radius 3 is 3.00 bits per heavy atom. The van der Waals surface area contributed by atoms with E-state index in [4.69, 9.17) is 11.0 Å². The van der Waals surface area contributed by atoms with E-state index in [1.165, 1.54) is 0 Å². The normalized spacial score (nSPS) is 22.2. The molecule has 5 heteroatoms. The van der Waals surface area contributed by atoms with Gasteiger partial charge in [0.15, 0.2) is 0 Å². The highest BCUT2D eigenvalue weighted by atomic mass is 16.1. The number of primary amides is 1. The minimum atomic E-state index is -0.328. The smallest absolute Gasteiger partial charge is 0.222 e. The summed E-state index contributed by atoms with van der Waals surface area (Å²) in [5, 5.41) is 12.1. The van der Waals surface area contributed by atoms with Gasteiger partial charge in [-0.1, -0.05) is 12.2 Å². The highest BCUT2D eigenvalue weighted by Gasteiger charge is 2.27. The fourth-order valence-electron chi connectivity index (χ4n) is 2.07. The standard InChI is InChI=1S/C13H14N4O/c14-8-9-4-3-7-16-13(9)17-11-6-2-1-5-10(11)12(15)18/h1-4,7,10-11H,5-6H2,(H2,15,18)(H,16,17)/t10-,11-/m1/s1. The lowest BCUT2D eigenvalue weighted by Gasteiger charge is -2.27. The Morgan fingerprint density at radius 2 is 2.28 bits per heavy atom. The number of rotatable bonds is 3. The molecule has 18 heavy (non-hydrogen) atoms. The monoisotopic (exact) mass is 242 g/mol. The fraction of sp³-hybridized carbons (Fsp3) is 0.308. The average molecular weight is 242 g/mol. The molecule has 0 saturated heterocycles. The summed E-state index contributed by atoms with van der Waals surface area (Å²) in [5.74, 6) is -0.0820. The van der Waals surface area contributed by atoms with Crippen molar-refractivity contribution in [1.82, 2.24) is 4.98 Å². The summed E-state index contributed by atoms with van der Waals surface area (Å²) in [4.78, 5) is 15.5. The second-order valence-corrected chi connectivity index (χ2v) is 4.21. The zero-order valence-corrected chi connectivity index (χ0v) is 9.84. The fourth-order valence-corrected chi connectivity index (χ4v) is 2.07. The molecule has 2 rings (SSSR count). The molecule has 92 valence electrons. The number of carbonyl (C=O) groups excluding carboxylic acids is 1. The molecule has 0 spiro atoms. The van der Waals surface area contributed by atoms with Crippen molar-refractivity contribution in [2.75, 3.05) is 5.32 Å². The first-order valence-electron chi connectivity index (χ1n) is 5.78. The van der Waals surface area contributed by atoms with E-state index in [0.717, 1.165) is 0 Å². The number of aromatic nitrogens is 1. The van der Waals surface area contributed by atoms with Gasteiger partial charge < -0.3 is 11.1 Å². The van der Waals surface area contributed by atoms with Crippen LogP contribution in [0.4, 0.5) is 5.82 Å². The van der Waals surface area contributed by atoms with Crippen LogP contribution in [0.25, 0.3) is 0 Å². The number of anilines is 1. The third-order valence-electron chi connectivity index (χ3n) is 3.05. The molecule has 0 fully saturated rings. The van der Waals surface area contributed by atoms with Crippen molar-refractivity contribution >= 4 is 11.7 Å². The van der Waals surface area contributed by atoms with E-state index in [0.29, 0.717) is 24.2 Å². The van der Waals surface area contributed by atoms with E-state index in [9.17, 15) is 4.79 Å². The third kappa shape index (κ3) is 2.48. The van der Waals surface area contributed by atoms with E-state index in [2.05, 4.69) is 16.4 Å². The maximum Gasteiger partial charge on any atom is 0.222 e. The first-order valence-corrected chi connectivity index (χ1v) is 5.78. The van der Waals surface area contributed by atoms with Crippen LogP contribution in [0.15, 0.2) is 30.5 Å². The molecule has 0 saturated carbocycles. The van der Waals surface area contributed by atoms with E-state index in [-0.39, 0.29) is 17.9 Å². The average Bonchev–Trinajstić information content (AvgIpc) is 2.40. The second kappa shape index (κ2) is 5.32. The lowest BCUT2D eigenvalue weighted by molar-refractivity contribution is -0.122. The molecule has 1 amide bonds. The Morgan fingerprint density at radius 1 is 1.50 bits per heavy atom.